The first-order chi connectivity index (χ1) is 10.9. The minimum absolute atomic E-state index is 0.205. The molecule has 1 aromatic carbocycles. The largest absolute Gasteiger partial charge is 0.466 e. The summed E-state index contributed by atoms with van der Waals surface area (Å²) in [4.78, 5) is 34.1. The van der Waals surface area contributed by atoms with E-state index in [1.807, 2.05) is 0 Å². The molecule has 23 heavy (non-hydrogen) atoms. The number of anilines is 1. The zero-order chi connectivity index (χ0) is 17.0. The van der Waals surface area contributed by atoms with Crippen molar-refractivity contribution in [2.24, 2.45) is 5.92 Å². The Morgan fingerprint density at radius 1 is 1.26 bits per heavy atom. The molecule has 1 heterocycles. The maximum atomic E-state index is 11.7. The van der Waals surface area contributed by atoms with Gasteiger partial charge in [0.25, 0.3) is 11.4 Å². The van der Waals surface area contributed by atoms with Gasteiger partial charge in [0, 0.05) is 19.2 Å². The molecule has 1 aliphatic rings. The van der Waals surface area contributed by atoms with Crippen molar-refractivity contribution in [3.05, 3.63) is 38.4 Å². The zero-order valence-corrected chi connectivity index (χ0v) is 12.6. The molecule has 1 aliphatic heterocycles. The molecule has 0 aromatic heterocycles. The molecule has 0 spiro atoms. The summed E-state index contributed by atoms with van der Waals surface area (Å²) in [6, 6.07) is 3.60. The molecule has 0 N–H and O–H groups in total. The van der Waals surface area contributed by atoms with Crippen molar-refractivity contribution in [2.75, 3.05) is 24.6 Å². The Bertz CT molecular complexity index is 625. The van der Waals surface area contributed by atoms with Crippen LogP contribution in [-0.4, -0.2) is 35.5 Å². The number of non-ortho nitro benzene ring substituents is 1. The van der Waals surface area contributed by atoms with E-state index in [1.165, 1.54) is 12.1 Å². The second-order valence-corrected chi connectivity index (χ2v) is 5.20. The summed E-state index contributed by atoms with van der Waals surface area (Å²) in [5.74, 6) is -0.450. The molecule has 1 fully saturated rings. The van der Waals surface area contributed by atoms with E-state index >= 15 is 0 Å². The molecule has 0 atom stereocenters. The van der Waals surface area contributed by atoms with E-state index in [1.54, 1.807) is 11.8 Å². The molecule has 2 rings (SSSR count). The van der Waals surface area contributed by atoms with Gasteiger partial charge in [-0.3, -0.25) is 25.0 Å². The van der Waals surface area contributed by atoms with E-state index in [9.17, 15) is 25.0 Å². The fourth-order valence-electron chi connectivity index (χ4n) is 2.66. The number of hydrogen-bond acceptors (Lipinski definition) is 7. The third-order valence-electron chi connectivity index (χ3n) is 3.82. The zero-order valence-electron chi connectivity index (χ0n) is 12.6. The van der Waals surface area contributed by atoms with Crippen LogP contribution in [0.5, 0.6) is 0 Å². The standard InChI is InChI=1S/C14H17N3O6/c1-2-23-14(18)10-5-7-15(8-6-10)12-4-3-11(16(19)20)9-13(12)17(21)22/h3-4,9-10H,2,5-8H2,1H3. The van der Waals surface area contributed by atoms with Crippen LogP contribution in [0.2, 0.25) is 0 Å². The summed E-state index contributed by atoms with van der Waals surface area (Å²) in [5, 5.41) is 21.9. The maximum Gasteiger partial charge on any atom is 0.309 e. The number of carbonyl (C=O) groups excluding carboxylic acids is 1. The highest BCUT2D eigenvalue weighted by molar-refractivity contribution is 5.73. The third-order valence-corrected chi connectivity index (χ3v) is 3.82. The van der Waals surface area contributed by atoms with Gasteiger partial charge in [-0.25, -0.2) is 0 Å². The molecule has 0 bridgehead atoms. The molecule has 1 aromatic rings. The molecule has 0 aliphatic carbocycles. The van der Waals surface area contributed by atoms with Crippen LogP contribution in [-0.2, 0) is 9.53 Å². The van der Waals surface area contributed by atoms with Gasteiger partial charge in [-0.05, 0) is 25.8 Å². The summed E-state index contributed by atoms with van der Waals surface area (Å²) in [7, 11) is 0. The summed E-state index contributed by atoms with van der Waals surface area (Å²) in [5.41, 5.74) is -0.279. The summed E-state index contributed by atoms with van der Waals surface area (Å²) in [6.45, 7) is 2.99. The van der Waals surface area contributed by atoms with E-state index < -0.39 is 9.85 Å². The lowest BCUT2D eigenvalue weighted by Gasteiger charge is -2.32. The summed E-state index contributed by atoms with van der Waals surface area (Å²) in [6.07, 6.45) is 1.07. The van der Waals surface area contributed by atoms with E-state index in [-0.39, 0.29) is 23.3 Å². The number of carbonyl (C=O) groups is 1. The fraction of sp³-hybridized carbons (Fsp3) is 0.500. The minimum atomic E-state index is -0.663. The predicted molar refractivity (Wildman–Crippen MR) is 81.3 cm³/mol. The average molecular weight is 323 g/mol. The van der Waals surface area contributed by atoms with Gasteiger partial charge in [0.1, 0.15) is 5.69 Å². The highest BCUT2D eigenvalue weighted by atomic mass is 16.6. The second kappa shape index (κ2) is 7.03. The van der Waals surface area contributed by atoms with Gasteiger partial charge in [-0.1, -0.05) is 0 Å². The van der Waals surface area contributed by atoms with E-state index in [4.69, 9.17) is 4.74 Å². The molecule has 9 nitrogen and oxygen atoms in total. The third kappa shape index (κ3) is 3.74. The van der Waals surface area contributed by atoms with Gasteiger partial charge in [-0.15, -0.1) is 0 Å². The highest BCUT2D eigenvalue weighted by Crippen LogP contribution is 2.34. The smallest absolute Gasteiger partial charge is 0.309 e. The molecule has 0 amide bonds. The van der Waals surface area contributed by atoms with Gasteiger partial charge < -0.3 is 9.64 Å². The first-order valence-corrected chi connectivity index (χ1v) is 7.28. The number of rotatable bonds is 5. The molecular formula is C14H17N3O6. The Balaban J connectivity index is 2.16. The molecule has 124 valence electrons. The van der Waals surface area contributed by atoms with Crippen LogP contribution in [0.4, 0.5) is 17.1 Å². The lowest BCUT2D eigenvalue weighted by atomic mass is 9.96. The van der Waals surface area contributed by atoms with Crippen LogP contribution >= 0.6 is 0 Å². The monoisotopic (exact) mass is 323 g/mol. The van der Waals surface area contributed by atoms with Gasteiger partial charge in [0.15, 0.2) is 0 Å². The summed E-state index contributed by atoms with van der Waals surface area (Å²) >= 11 is 0. The minimum Gasteiger partial charge on any atom is -0.466 e. The fourth-order valence-corrected chi connectivity index (χ4v) is 2.66. The lowest BCUT2D eigenvalue weighted by molar-refractivity contribution is -0.393. The molecule has 0 saturated carbocycles. The van der Waals surface area contributed by atoms with Gasteiger partial charge in [-0.2, -0.15) is 0 Å². The number of hydrogen-bond donors (Lipinski definition) is 0. The van der Waals surface area contributed by atoms with Crippen molar-refractivity contribution in [3.63, 3.8) is 0 Å². The van der Waals surface area contributed by atoms with Crippen LogP contribution in [0.3, 0.4) is 0 Å². The molecule has 0 radical (unpaired) electrons. The molecule has 1 saturated heterocycles. The Morgan fingerprint density at radius 2 is 1.91 bits per heavy atom. The van der Waals surface area contributed by atoms with Crippen LogP contribution < -0.4 is 4.90 Å². The summed E-state index contributed by atoms with van der Waals surface area (Å²) < 4.78 is 4.99. The number of esters is 1. The van der Waals surface area contributed by atoms with Crippen molar-refractivity contribution < 1.29 is 19.4 Å². The number of benzene rings is 1. The Kier molecular flexibility index (Phi) is 5.09. The first kappa shape index (κ1) is 16.7. The maximum absolute atomic E-state index is 11.7. The number of nitro benzene ring substituents is 2. The number of nitro groups is 2. The average Bonchev–Trinajstić information content (AvgIpc) is 2.54. The number of piperidine rings is 1. The van der Waals surface area contributed by atoms with Crippen LogP contribution in [0.15, 0.2) is 18.2 Å². The SMILES string of the molecule is CCOC(=O)C1CCN(c2ccc([N+](=O)[O-])cc2[N+](=O)[O-])CC1. The van der Waals surface area contributed by atoms with E-state index in [0.29, 0.717) is 38.2 Å². The van der Waals surface area contributed by atoms with Gasteiger partial charge in [0.2, 0.25) is 0 Å². The Labute approximate surface area is 132 Å². The molecule has 9 heteroatoms. The van der Waals surface area contributed by atoms with Crippen LogP contribution in [0.1, 0.15) is 19.8 Å². The van der Waals surface area contributed by atoms with Crippen molar-refractivity contribution in [1.82, 2.24) is 0 Å². The Morgan fingerprint density at radius 3 is 2.43 bits per heavy atom. The number of nitrogens with zero attached hydrogens (tertiary/aromatic N) is 3. The topological polar surface area (TPSA) is 116 Å². The van der Waals surface area contributed by atoms with E-state index in [0.717, 1.165) is 6.07 Å². The van der Waals surface area contributed by atoms with E-state index in [2.05, 4.69) is 0 Å². The van der Waals surface area contributed by atoms with Gasteiger partial charge in [0.05, 0.1) is 28.4 Å². The molecule has 0 unspecified atom stereocenters. The predicted octanol–water partition coefficient (Wildman–Crippen LogP) is 2.28. The Hall–Kier alpha value is -2.71. The van der Waals surface area contributed by atoms with Crippen molar-refractivity contribution >= 4 is 23.0 Å². The first-order valence-electron chi connectivity index (χ1n) is 7.28. The van der Waals surface area contributed by atoms with Crippen LogP contribution in [0, 0.1) is 26.1 Å². The lowest BCUT2D eigenvalue weighted by Crippen LogP contribution is -2.37. The highest BCUT2D eigenvalue weighted by Gasteiger charge is 2.30. The molecular weight excluding hydrogens is 306 g/mol. The number of ether oxygens (including phenoxy) is 1. The second-order valence-electron chi connectivity index (χ2n) is 5.20. The normalized spacial score (nSPS) is 15.3. The van der Waals surface area contributed by atoms with Crippen LogP contribution in [0.25, 0.3) is 0 Å². The van der Waals surface area contributed by atoms with Gasteiger partial charge >= 0.3 is 5.97 Å². The quantitative estimate of drug-likeness (QED) is 0.463. The van der Waals surface area contributed by atoms with Crippen molar-refractivity contribution in [1.29, 1.82) is 0 Å². The van der Waals surface area contributed by atoms with Crippen molar-refractivity contribution in [3.8, 4) is 0 Å². The van der Waals surface area contributed by atoms with Crippen molar-refractivity contribution in [2.45, 2.75) is 19.8 Å².